The number of aromatic nitrogens is 2. The second-order valence-corrected chi connectivity index (χ2v) is 2.88. The van der Waals surface area contributed by atoms with E-state index in [2.05, 4.69) is 10.2 Å². The number of allylic oxidation sites excluding steroid dienone is 2. The highest BCUT2D eigenvalue weighted by Crippen LogP contribution is 2.14. The number of ketones is 1. The molecule has 2 heterocycles. The van der Waals surface area contributed by atoms with Gasteiger partial charge in [0.05, 0.1) is 18.4 Å². The lowest BCUT2D eigenvalue weighted by molar-refractivity contribution is 0.0899. The molecular formula is C9H10N2O2. The van der Waals surface area contributed by atoms with Crippen molar-refractivity contribution in [1.82, 2.24) is 10.2 Å². The van der Waals surface area contributed by atoms with Gasteiger partial charge in [-0.05, 0) is 18.9 Å². The van der Waals surface area contributed by atoms with Crippen LogP contribution >= 0.6 is 0 Å². The van der Waals surface area contributed by atoms with Gasteiger partial charge in [-0.1, -0.05) is 0 Å². The Morgan fingerprint density at radius 1 is 1.62 bits per heavy atom. The van der Waals surface area contributed by atoms with Gasteiger partial charge in [0.1, 0.15) is 0 Å². The molecule has 0 fully saturated rings. The first-order chi connectivity index (χ1) is 6.38. The van der Waals surface area contributed by atoms with Crippen LogP contribution in [0.25, 0.3) is 0 Å². The van der Waals surface area contributed by atoms with Crippen LogP contribution in [-0.2, 0) is 4.74 Å². The predicted octanol–water partition coefficient (Wildman–Crippen LogP) is 1.29. The Morgan fingerprint density at radius 2 is 2.54 bits per heavy atom. The third-order valence-electron chi connectivity index (χ3n) is 1.92. The molecule has 0 saturated carbocycles. The maximum Gasteiger partial charge on any atom is 0.230 e. The predicted molar refractivity (Wildman–Crippen MR) is 46.2 cm³/mol. The van der Waals surface area contributed by atoms with Crippen molar-refractivity contribution in [2.75, 3.05) is 6.61 Å². The zero-order valence-corrected chi connectivity index (χ0v) is 7.12. The number of carbonyl (C=O) groups excluding carboxylic acids is 1. The fraction of sp³-hybridized carbons (Fsp3) is 0.333. The smallest absolute Gasteiger partial charge is 0.230 e. The minimum absolute atomic E-state index is 0.0894. The summed E-state index contributed by atoms with van der Waals surface area (Å²) in [6.07, 6.45) is 6.81. The first-order valence-electron chi connectivity index (χ1n) is 4.24. The summed E-state index contributed by atoms with van der Waals surface area (Å²) in [6, 6.07) is 0. The summed E-state index contributed by atoms with van der Waals surface area (Å²) in [7, 11) is 0. The summed E-state index contributed by atoms with van der Waals surface area (Å²) in [4.78, 5) is 11.6. The molecule has 0 unspecified atom stereocenters. The molecule has 13 heavy (non-hydrogen) atoms. The molecule has 1 aliphatic heterocycles. The monoisotopic (exact) mass is 178 g/mol. The molecule has 0 amide bonds. The zero-order chi connectivity index (χ0) is 9.10. The van der Waals surface area contributed by atoms with E-state index in [0.717, 1.165) is 12.8 Å². The first-order valence-corrected chi connectivity index (χ1v) is 4.24. The fourth-order valence-corrected chi connectivity index (χ4v) is 1.23. The number of rotatable bonds is 2. The van der Waals surface area contributed by atoms with E-state index in [1.165, 1.54) is 6.20 Å². The molecule has 0 radical (unpaired) electrons. The number of H-pyrrole nitrogens is 1. The zero-order valence-electron chi connectivity index (χ0n) is 7.12. The van der Waals surface area contributed by atoms with Crippen molar-refractivity contribution in [2.45, 2.75) is 12.8 Å². The lowest BCUT2D eigenvalue weighted by Gasteiger charge is -2.12. The maximum atomic E-state index is 11.6. The molecule has 2 rings (SSSR count). The molecule has 0 spiro atoms. The van der Waals surface area contributed by atoms with Crippen LogP contribution in [0.1, 0.15) is 23.2 Å². The molecule has 68 valence electrons. The van der Waals surface area contributed by atoms with Crippen LogP contribution in [0.5, 0.6) is 0 Å². The maximum absolute atomic E-state index is 11.6. The standard InChI is InChI=1S/C9H10N2O2/c12-9(7-5-10-11-6-7)8-3-1-2-4-13-8/h3,5-6H,1-2,4H2,(H,10,11). The van der Waals surface area contributed by atoms with Gasteiger partial charge in [-0.25, -0.2) is 0 Å². The summed E-state index contributed by atoms with van der Waals surface area (Å²) in [5.74, 6) is 0.362. The molecule has 0 atom stereocenters. The van der Waals surface area contributed by atoms with Gasteiger partial charge in [0.15, 0.2) is 5.76 Å². The quantitative estimate of drug-likeness (QED) is 0.694. The van der Waals surface area contributed by atoms with Gasteiger partial charge in [-0.2, -0.15) is 5.10 Å². The number of nitrogens with zero attached hydrogens (tertiary/aromatic N) is 1. The van der Waals surface area contributed by atoms with E-state index in [4.69, 9.17) is 4.74 Å². The van der Waals surface area contributed by atoms with E-state index < -0.39 is 0 Å². The Kier molecular flexibility index (Phi) is 2.12. The lowest BCUT2D eigenvalue weighted by atomic mass is 10.1. The van der Waals surface area contributed by atoms with Crippen molar-refractivity contribution in [1.29, 1.82) is 0 Å². The second-order valence-electron chi connectivity index (χ2n) is 2.88. The highest BCUT2D eigenvalue weighted by Gasteiger charge is 2.16. The Bertz CT molecular complexity index is 327. The molecule has 1 N–H and O–H groups in total. The van der Waals surface area contributed by atoms with Crippen molar-refractivity contribution in [3.63, 3.8) is 0 Å². The van der Waals surface area contributed by atoms with Gasteiger partial charge in [0.25, 0.3) is 0 Å². The Labute approximate surface area is 75.6 Å². The lowest BCUT2D eigenvalue weighted by Crippen LogP contribution is -2.10. The van der Waals surface area contributed by atoms with Crippen LogP contribution in [0.15, 0.2) is 24.2 Å². The average molecular weight is 178 g/mol. The van der Waals surface area contributed by atoms with Gasteiger partial charge in [0, 0.05) is 6.20 Å². The number of carbonyl (C=O) groups is 1. The van der Waals surface area contributed by atoms with Crippen LogP contribution in [-0.4, -0.2) is 22.6 Å². The summed E-state index contributed by atoms with van der Waals surface area (Å²) in [5.41, 5.74) is 0.549. The van der Waals surface area contributed by atoms with Gasteiger partial charge in [-0.15, -0.1) is 0 Å². The number of hydrogen-bond acceptors (Lipinski definition) is 3. The van der Waals surface area contributed by atoms with Gasteiger partial charge >= 0.3 is 0 Å². The minimum Gasteiger partial charge on any atom is -0.490 e. The van der Waals surface area contributed by atoms with Gasteiger partial charge < -0.3 is 4.74 Å². The molecule has 0 bridgehead atoms. The average Bonchev–Trinajstić information content (AvgIpc) is 2.71. The summed E-state index contributed by atoms with van der Waals surface area (Å²) in [6.45, 7) is 0.634. The van der Waals surface area contributed by atoms with E-state index in [9.17, 15) is 4.79 Å². The number of hydrogen-bond donors (Lipinski definition) is 1. The molecule has 0 aliphatic carbocycles. The highest BCUT2D eigenvalue weighted by atomic mass is 16.5. The summed E-state index contributed by atoms with van der Waals surface area (Å²) >= 11 is 0. The van der Waals surface area contributed by atoms with E-state index in [1.54, 1.807) is 6.20 Å². The SMILES string of the molecule is O=C(C1=CCCCO1)c1cn[nH]c1. The fourth-order valence-electron chi connectivity index (χ4n) is 1.23. The molecule has 1 aromatic heterocycles. The van der Waals surface area contributed by atoms with E-state index >= 15 is 0 Å². The molecule has 4 nitrogen and oxygen atoms in total. The number of aromatic amines is 1. The molecule has 4 heteroatoms. The Balaban J connectivity index is 2.17. The number of ether oxygens (including phenoxy) is 1. The number of nitrogens with one attached hydrogen (secondary N) is 1. The van der Waals surface area contributed by atoms with Crippen LogP contribution in [0, 0.1) is 0 Å². The van der Waals surface area contributed by atoms with Crippen LogP contribution in [0.4, 0.5) is 0 Å². The molecule has 1 aliphatic rings. The normalized spacial score (nSPS) is 16.2. The minimum atomic E-state index is -0.0894. The van der Waals surface area contributed by atoms with Crippen molar-refractivity contribution < 1.29 is 9.53 Å². The third kappa shape index (κ3) is 1.61. The summed E-state index contributed by atoms with van der Waals surface area (Å²) < 4.78 is 5.23. The van der Waals surface area contributed by atoms with Crippen LogP contribution in [0.3, 0.4) is 0 Å². The van der Waals surface area contributed by atoms with Crippen molar-refractivity contribution in [2.24, 2.45) is 0 Å². The second kappa shape index (κ2) is 3.43. The van der Waals surface area contributed by atoms with Crippen molar-refractivity contribution >= 4 is 5.78 Å². The van der Waals surface area contributed by atoms with Crippen molar-refractivity contribution in [3.8, 4) is 0 Å². The van der Waals surface area contributed by atoms with E-state index in [0.29, 0.717) is 17.9 Å². The topological polar surface area (TPSA) is 55.0 Å². The molecular weight excluding hydrogens is 168 g/mol. The Morgan fingerprint density at radius 3 is 3.15 bits per heavy atom. The van der Waals surface area contributed by atoms with Gasteiger partial charge in [-0.3, -0.25) is 9.89 Å². The Hall–Kier alpha value is -1.58. The highest BCUT2D eigenvalue weighted by molar-refractivity contribution is 6.06. The molecule has 0 aromatic carbocycles. The van der Waals surface area contributed by atoms with E-state index in [1.807, 2.05) is 6.08 Å². The third-order valence-corrected chi connectivity index (χ3v) is 1.92. The first kappa shape index (κ1) is 8.04. The largest absolute Gasteiger partial charge is 0.490 e. The van der Waals surface area contributed by atoms with Crippen LogP contribution in [0.2, 0.25) is 0 Å². The van der Waals surface area contributed by atoms with Crippen LogP contribution < -0.4 is 0 Å². The summed E-state index contributed by atoms with van der Waals surface area (Å²) in [5, 5.41) is 6.31. The molecule has 1 aromatic rings. The van der Waals surface area contributed by atoms with Crippen molar-refractivity contribution in [3.05, 3.63) is 29.8 Å². The number of Topliss-reactive ketones (excluding diaryl/α,β-unsaturated/α-hetero) is 1. The van der Waals surface area contributed by atoms with Gasteiger partial charge in [0.2, 0.25) is 5.78 Å². The van der Waals surface area contributed by atoms with E-state index in [-0.39, 0.29) is 5.78 Å². The molecule has 0 saturated heterocycles.